The van der Waals surface area contributed by atoms with E-state index in [2.05, 4.69) is 16.2 Å². The van der Waals surface area contributed by atoms with Crippen LogP contribution >= 0.6 is 9.24 Å². The maximum absolute atomic E-state index is 9.09. The summed E-state index contributed by atoms with van der Waals surface area (Å²) in [5.41, 5.74) is 1.34. The zero-order chi connectivity index (χ0) is 8.15. The minimum atomic E-state index is -0.167. The summed E-state index contributed by atoms with van der Waals surface area (Å²) in [5.74, 6) is 0. The molecule has 0 saturated heterocycles. The molecule has 0 fully saturated rings. The third-order valence-electron chi connectivity index (χ3n) is 1.64. The van der Waals surface area contributed by atoms with Crippen molar-refractivity contribution in [2.45, 2.75) is 39.7 Å². The van der Waals surface area contributed by atoms with Crippen molar-refractivity contribution in [3.63, 3.8) is 0 Å². The van der Waals surface area contributed by atoms with Crippen LogP contribution in [0.2, 0.25) is 0 Å². The van der Waals surface area contributed by atoms with E-state index < -0.39 is 0 Å². The van der Waals surface area contributed by atoms with Crippen molar-refractivity contribution in [1.82, 2.24) is 0 Å². The van der Waals surface area contributed by atoms with Crippen LogP contribution in [-0.4, -0.2) is 11.2 Å². The molecule has 1 N–H and O–H groups in total. The Labute approximate surface area is 65.7 Å². The topological polar surface area (TPSA) is 20.2 Å². The van der Waals surface area contributed by atoms with Gasteiger partial charge >= 0.3 is 0 Å². The Morgan fingerprint density at radius 3 is 2.10 bits per heavy atom. The molecule has 0 heterocycles. The Balaban J connectivity index is 0.000000371. The number of aliphatic hydroxyl groups excluding tert-OH is 1. The Hall–Kier alpha value is 0.130. The van der Waals surface area contributed by atoms with Crippen LogP contribution in [0.1, 0.15) is 33.6 Å². The van der Waals surface area contributed by atoms with Crippen molar-refractivity contribution < 1.29 is 5.11 Å². The maximum atomic E-state index is 9.09. The van der Waals surface area contributed by atoms with E-state index in [1.807, 2.05) is 13.8 Å². The molecule has 0 radical (unpaired) electrons. The number of hydrogen-bond acceptors (Lipinski definition) is 1. The molecule has 0 spiro atoms. The highest BCUT2D eigenvalue weighted by atomic mass is 31.0. The van der Waals surface area contributed by atoms with Crippen LogP contribution in [0, 0.1) is 0 Å². The first-order chi connectivity index (χ1) is 4.72. The molecule has 1 aliphatic rings. The number of rotatable bonds is 0. The van der Waals surface area contributed by atoms with E-state index in [9.17, 15) is 0 Å². The lowest BCUT2D eigenvalue weighted by molar-refractivity contribution is 0.219. The zero-order valence-corrected chi connectivity index (χ0v) is 8.17. The smallest absolute Gasteiger partial charge is 0.0791 e. The van der Waals surface area contributed by atoms with Gasteiger partial charge in [-0.25, -0.2) is 0 Å². The minimum absolute atomic E-state index is 0.167. The molecule has 60 valence electrons. The number of hydrogen-bond donors (Lipinski definition) is 1. The fourth-order valence-electron chi connectivity index (χ4n) is 0.937. The molecule has 1 nitrogen and oxygen atoms in total. The normalized spacial score (nSPS) is 24.3. The first-order valence-corrected chi connectivity index (χ1v) is 4.42. The molecular formula is C8H17OP. The maximum Gasteiger partial charge on any atom is 0.0791 e. The molecule has 0 aromatic heterocycles. The quantitative estimate of drug-likeness (QED) is 0.539. The van der Waals surface area contributed by atoms with E-state index in [0.717, 1.165) is 18.2 Å². The summed E-state index contributed by atoms with van der Waals surface area (Å²) < 4.78 is 0. The van der Waals surface area contributed by atoms with E-state index in [4.69, 9.17) is 5.11 Å². The van der Waals surface area contributed by atoms with Gasteiger partial charge in [0.15, 0.2) is 0 Å². The van der Waals surface area contributed by atoms with Crippen molar-refractivity contribution in [2.75, 3.05) is 0 Å². The highest BCUT2D eigenvalue weighted by molar-refractivity contribution is 7.22. The van der Waals surface area contributed by atoms with Crippen LogP contribution in [0.3, 0.4) is 0 Å². The lowest BCUT2D eigenvalue weighted by Gasteiger charge is -1.99. The Kier molecular flexibility index (Phi) is 4.93. The molecule has 0 amide bonds. The molecule has 1 unspecified atom stereocenters. The lowest BCUT2D eigenvalue weighted by atomic mass is 10.3. The van der Waals surface area contributed by atoms with Crippen molar-refractivity contribution in [2.24, 2.45) is 0 Å². The number of allylic oxidation sites excluding steroid dienone is 1. The van der Waals surface area contributed by atoms with E-state index >= 15 is 0 Å². The second-order valence-corrected chi connectivity index (χ2v) is 2.91. The van der Waals surface area contributed by atoms with Crippen molar-refractivity contribution in [3.8, 4) is 0 Å². The van der Waals surface area contributed by atoms with Crippen LogP contribution in [0.15, 0.2) is 10.9 Å². The van der Waals surface area contributed by atoms with Gasteiger partial charge < -0.3 is 5.11 Å². The van der Waals surface area contributed by atoms with Gasteiger partial charge in [0.25, 0.3) is 0 Å². The average Bonchev–Trinajstić information content (AvgIpc) is 2.25. The molecule has 0 bridgehead atoms. The van der Waals surface area contributed by atoms with E-state index in [1.165, 1.54) is 5.57 Å². The second-order valence-electron chi connectivity index (χ2n) is 2.29. The first kappa shape index (κ1) is 10.1. The van der Waals surface area contributed by atoms with Crippen molar-refractivity contribution >= 4 is 9.24 Å². The second kappa shape index (κ2) is 4.87. The molecule has 1 rings (SSSR count). The van der Waals surface area contributed by atoms with Gasteiger partial charge in [-0.3, -0.25) is 0 Å². The summed E-state index contributed by atoms with van der Waals surface area (Å²) >= 11 is 0. The third-order valence-corrected chi connectivity index (χ3v) is 2.52. The van der Waals surface area contributed by atoms with Gasteiger partial charge in [-0.15, -0.1) is 9.24 Å². The lowest BCUT2D eigenvalue weighted by Crippen LogP contribution is -1.98. The molecular weight excluding hydrogens is 143 g/mol. The van der Waals surface area contributed by atoms with Gasteiger partial charge in [-0.1, -0.05) is 19.4 Å². The van der Waals surface area contributed by atoms with Gasteiger partial charge in [0.1, 0.15) is 0 Å². The Bertz CT molecular complexity index is 129. The largest absolute Gasteiger partial charge is 0.388 e. The predicted molar refractivity (Wildman–Crippen MR) is 49.0 cm³/mol. The molecule has 0 saturated carbocycles. The summed E-state index contributed by atoms with van der Waals surface area (Å²) in [5, 5.41) is 10.2. The summed E-state index contributed by atoms with van der Waals surface area (Å²) in [6, 6.07) is 0. The molecule has 10 heavy (non-hydrogen) atoms. The van der Waals surface area contributed by atoms with Crippen molar-refractivity contribution in [3.05, 3.63) is 10.9 Å². The average molecular weight is 160 g/mol. The predicted octanol–water partition coefficient (Wildman–Crippen LogP) is 2.32. The van der Waals surface area contributed by atoms with Crippen LogP contribution in [0.25, 0.3) is 0 Å². The molecule has 1 aliphatic carbocycles. The molecule has 2 heteroatoms. The highest BCUT2D eigenvalue weighted by Crippen LogP contribution is 2.29. The van der Waals surface area contributed by atoms with E-state index in [0.29, 0.717) is 0 Å². The number of aliphatic hydroxyl groups is 1. The van der Waals surface area contributed by atoms with Gasteiger partial charge in [-0.2, -0.15) is 0 Å². The Morgan fingerprint density at radius 2 is 2.00 bits per heavy atom. The first-order valence-electron chi connectivity index (χ1n) is 3.85. The molecule has 2 atom stereocenters. The monoisotopic (exact) mass is 160 g/mol. The molecule has 0 aliphatic heterocycles. The summed E-state index contributed by atoms with van der Waals surface area (Å²) in [6.07, 6.45) is 1.82. The van der Waals surface area contributed by atoms with Gasteiger partial charge in [0.2, 0.25) is 0 Å². The standard InChI is InChI=1S/C6H11OP.C2H6/c1-4-2-3-5(7)6(4)8;1-2/h5,7H,2-3,8H2,1H3;1-2H3/t5-;/m0./s1. The van der Waals surface area contributed by atoms with Crippen LogP contribution in [0.4, 0.5) is 0 Å². The molecule has 0 aromatic rings. The van der Waals surface area contributed by atoms with E-state index in [1.54, 1.807) is 0 Å². The fraction of sp³-hybridized carbons (Fsp3) is 0.750. The highest BCUT2D eigenvalue weighted by Gasteiger charge is 2.15. The van der Waals surface area contributed by atoms with Gasteiger partial charge in [-0.05, 0) is 25.1 Å². The summed E-state index contributed by atoms with van der Waals surface area (Å²) in [6.45, 7) is 6.07. The molecule has 0 aromatic carbocycles. The van der Waals surface area contributed by atoms with Crippen molar-refractivity contribution in [1.29, 1.82) is 0 Å². The van der Waals surface area contributed by atoms with E-state index in [-0.39, 0.29) is 6.10 Å². The minimum Gasteiger partial charge on any atom is -0.388 e. The van der Waals surface area contributed by atoms with Crippen LogP contribution in [0.5, 0.6) is 0 Å². The third kappa shape index (κ3) is 2.40. The van der Waals surface area contributed by atoms with Crippen LogP contribution < -0.4 is 0 Å². The van der Waals surface area contributed by atoms with Crippen LogP contribution in [-0.2, 0) is 0 Å². The van der Waals surface area contributed by atoms with Gasteiger partial charge in [0, 0.05) is 0 Å². The fourth-order valence-corrected chi connectivity index (χ4v) is 1.25. The zero-order valence-electron chi connectivity index (χ0n) is 7.02. The SMILES string of the molecule is CC.CC1=C(P)[C@@H](O)CC1. The van der Waals surface area contributed by atoms with Gasteiger partial charge in [0.05, 0.1) is 6.10 Å². The summed E-state index contributed by atoms with van der Waals surface area (Å²) in [4.78, 5) is 0. The Morgan fingerprint density at radius 1 is 1.50 bits per heavy atom. The summed E-state index contributed by atoms with van der Waals surface area (Å²) in [7, 11) is 2.58.